The van der Waals surface area contributed by atoms with Gasteiger partial charge in [0.25, 0.3) is 5.91 Å². The van der Waals surface area contributed by atoms with Crippen LogP contribution in [0.1, 0.15) is 26.7 Å². The predicted molar refractivity (Wildman–Crippen MR) is 166 cm³/mol. The molecule has 3 amide bonds. The Kier molecular flexibility index (Phi) is 10.0. The maximum atomic E-state index is 15.1. The van der Waals surface area contributed by atoms with Gasteiger partial charge in [0.1, 0.15) is 17.0 Å². The number of benzene rings is 2. The second kappa shape index (κ2) is 14.3. The van der Waals surface area contributed by atoms with Crippen LogP contribution in [0.25, 0.3) is 10.9 Å². The summed E-state index contributed by atoms with van der Waals surface area (Å²) in [6.07, 6.45) is 3.61. The van der Waals surface area contributed by atoms with Crippen LogP contribution in [0.2, 0.25) is 0 Å². The van der Waals surface area contributed by atoms with Gasteiger partial charge in [0.15, 0.2) is 18.2 Å². The monoisotopic (exact) mass is 633 g/mol. The average molecular weight is 634 g/mol. The Hall–Kier alpha value is -5.17. The predicted octanol–water partition coefficient (Wildman–Crippen LogP) is 5.32. The summed E-state index contributed by atoms with van der Waals surface area (Å²) < 4.78 is 44.9. The molecule has 0 bridgehead atoms. The standard InChI is InChI=1S/C31H27F2N5O6.C2H6/c32-19-1-3-20(4-2-19)36-29(40)31(8-9-31)30(41)37-21-5-6-26(23(33)15-21)44-25-7-10-34-24-16-27(35-17-22(24)25)43-18-28(39)38-11-13-42-14-12-38;1-2/h1-7,10,15-17H,8-9,11-14,18H2,(H,36,40)(H,37,41);1-2H3. The van der Waals surface area contributed by atoms with Gasteiger partial charge in [-0.15, -0.1) is 0 Å². The van der Waals surface area contributed by atoms with Crippen LogP contribution in [-0.2, 0) is 19.1 Å². The molecule has 13 heteroatoms. The smallest absolute Gasteiger partial charge is 0.260 e. The first-order valence-electron chi connectivity index (χ1n) is 14.9. The number of nitrogens with one attached hydrogen (secondary N) is 2. The lowest BCUT2D eigenvalue weighted by atomic mass is 10.0. The van der Waals surface area contributed by atoms with Crippen LogP contribution in [0.4, 0.5) is 20.2 Å². The lowest BCUT2D eigenvalue weighted by Gasteiger charge is -2.26. The van der Waals surface area contributed by atoms with E-state index in [2.05, 4.69) is 20.6 Å². The Balaban J connectivity index is 0.00000204. The Morgan fingerprint density at radius 3 is 2.24 bits per heavy atom. The molecule has 0 spiro atoms. The second-order valence-electron chi connectivity index (χ2n) is 10.4. The van der Waals surface area contributed by atoms with E-state index in [1.165, 1.54) is 48.8 Å². The molecule has 0 radical (unpaired) electrons. The van der Waals surface area contributed by atoms with Crippen LogP contribution in [0, 0.1) is 17.0 Å². The highest BCUT2D eigenvalue weighted by Gasteiger charge is 2.56. The summed E-state index contributed by atoms with van der Waals surface area (Å²) in [7, 11) is 0. The summed E-state index contributed by atoms with van der Waals surface area (Å²) in [4.78, 5) is 48.3. The van der Waals surface area contributed by atoms with Crippen LogP contribution in [0.3, 0.4) is 0 Å². The van der Waals surface area contributed by atoms with Gasteiger partial charge in [-0.2, -0.15) is 0 Å². The average Bonchev–Trinajstić information content (AvgIpc) is 3.90. The Bertz CT molecular complexity index is 1730. The number of halogens is 2. The first-order valence-corrected chi connectivity index (χ1v) is 14.9. The number of amides is 3. The van der Waals surface area contributed by atoms with E-state index in [1.54, 1.807) is 17.0 Å². The van der Waals surface area contributed by atoms with Gasteiger partial charge < -0.3 is 29.7 Å². The van der Waals surface area contributed by atoms with E-state index in [1.807, 2.05) is 13.8 Å². The van der Waals surface area contributed by atoms with E-state index in [9.17, 15) is 18.8 Å². The number of ether oxygens (including phenoxy) is 3. The summed E-state index contributed by atoms with van der Waals surface area (Å²) in [5.41, 5.74) is -0.314. The van der Waals surface area contributed by atoms with Crippen molar-refractivity contribution in [3.8, 4) is 17.4 Å². The number of morpholine rings is 1. The lowest BCUT2D eigenvalue weighted by molar-refractivity contribution is -0.137. The van der Waals surface area contributed by atoms with E-state index < -0.39 is 28.9 Å². The van der Waals surface area contributed by atoms with Crippen LogP contribution >= 0.6 is 0 Å². The normalized spacial score (nSPS) is 14.8. The van der Waals surface area contributed by atoms with Crippen molar-refractivity contribution < 1.29 is 37.4 Å². The number of carbonyl (C=O) groups is 3. The highest BCUT2D eigenvalue weighted by molar-refractivity contribution is 6.16. The molecular formula is C33H33F2N5O6. The molecular weight excluding hydrogens is 600 g/mol. The molecule has 1 saturated heterocycles. The summed E-state index contributed by atoms with van der Waals surface area (Å²) in [6.45, 7) is 5.82. The highest BCUT2D eigenvalue weighted by Crippen LogP contribution is 2.47. The molecule has 0 atom stereocenters. The van der Waals surface area contributed by atoms with Gasteiger partial charge in [-0.1, -0.05) is 13.8 Å². The largest absolute Gasteiger partial charge is 0.467 e. The molecule has 1 aliphatic carbocycles. The van der Waals surface area contributed by atoms with Crippen molar-refractivity contribution >= 4 is 40.0 Å². The zero-order valence-electron chi connectivity index (χ0n) is 25.3. The number of carbonyl (C=O) groups excluding carboxylic acids is 3. The third-order valence-electron chi connectivity index (χ3n) is 7.40. The fraction of sp³-hybridized carbons (Fsp3) is 0.303. The fourth-order valence-corrected chi connectivity index (χ4v) is 4.70. The first kappa shape index (κ1) is 32.2. The minimum absolute atomic E-state index is 0.109. The summed E-state index contributed by atoms with van der Waals surface area (Å²) in [6, 6.07) is 12.2. The maximum absolute atomic E-state index is 15.1. The third kappa shape index (κ3) is 7.37. The van der Waals surface area contributed by atoms with Gasteiger partial charge in [-0.3, -0.25) is 19.4 Å². The number of pyridine rings is 2. The van der Waals surface area contributed by atoms with Gasteiger partial charge in [0.05, 0.1) is 24.1 Å². The third-order valence-corrected chi connectivity index (χ3v) is 7.40. The molecule has 11 nitrogen and oxygen atoms in total. The van der Waals surface area contributed by atoms with E-state index in [0.717, 1.165) is 6.07 Å². The Labute approximate surface area is 263 Å². The Morgan fingerprint density at radius 1 is 0.891 bits per heavy atom. The topological polar surface area (TPSA) is 132 Å². The first-order chi connectivity index (χ1) is 22.3. The van der Waals surface area contributed by atoms with Crippen LogP contribution in [0.15, 0.2) is 67.0 Å². The van der Waals surface area contributed by atoms with E-state index in [4.69, 9.17) is 14.2 Å². The highest BCUT2D eigenvalue weighted by atomic mass is 19.1. The van der Waals surface area contributed by atoms with Crippen molar-refractivity contribution in [2.75, 3.05) is 43.5 Å². The van der Waals surface area contributed by atoms with E-state index in [0.29, 0.717) is 55.7 Å². The van der Waals surface area contributed by atoms with Crippen molar-refractivity contribution in [1.29, 1.82) is 0 Å². The van der Waals surface area contributed by atoms with Gasteiger partial charge in [-0.25, -0.2) is 13.8 Å². The van der Waals surface area contributed by atoms with Crippen LogP contribution < -0.4 is 20.1 Å². The number of aromatic nitrogens is 2. The molecule has 1 aliphatic heterocycles. The number of nitrogens with zero attached hydrogens (tertiary/aromatic N) is 3. The maximum Gasteiger partial charge on any atom is 0.260 e. The SMILES string of the molecule is CC.O=C(COc1cc2nccc(Oc3ccc(NC(=O)C4(C(=O)Nc5ccc(F)cc5)CC4)cc3F)c2cn1)N1CCOCC1. The molecule has 3 heterocycles. The molecule has 240 valence electrons. The van der Waals surface area contributed by atoms with Crippen LogP contribution in [0.5, 0.6) is 17.4 Å². The molecule has 6 rings (SSSR count). The molecule has 1 saturated carbocycles. The number of hydrogen-bond acceptors (Lipinski definition) is 8. The minimum Gasteiger partial charge on any atom is -0.467 e. The second-order valence-corrected chi connectivity index (χ2v) is 10.4. The summed E-state index contributed by atoms with van der Waals surface area (Å²) >= 11 is 0. The van der Waals surface area contributed by atoms with Crippen molar-refractivity contribution in [2.24, 2.45) is 5.41 Å². The number of hydrogen-bond donors (Lipinski definition) is 2. The molecule has 2 N–H and O–H groups in total. The lowest BCUT2D eigenvalue weighted by Crippen LogP contribution is -2.43. The molecule has 2 aromatic carbocycles. The number of fused-ring (bicyclic) bond motifs is 1. The molecule has 2 aromatic heterocycles. The van der Waals surface area contributed by atoms with Gasteiger partial charge in [-0.05, 0) is 55.3 Å². The molecule has 46 heavy (non-hydrogen) atoms. The Morgan fingerprint density at radius 2 is 1.57 bits per heavy atom. The number of rotatable bonds is 9. The van der Waals surface area contributed by atoms with Gasteiger partial charge in [0, 0.05) is 49.0 Å². The van der Waals surface area contributed by atoms with Gasteiger partial charge >= 0.3 is 0 Å². The molecule has 2 fully saturated rings. The minimum atomic E-state index is -1.29. The van der Waals surface area contributed by atoms with E-state index >= 15 is 4.39 Å². The van der Waals surface area contributed by atoms with E-state index in [-0.39, 0.29) is 35.6 Å². The quantitative estimate of drug-likeness (QED) is 0.237. The molecule has 0 unspecified atom stereocenters. The number of anilines is 2. The van der Waals surface area contributed by atoms with Crippen molar-refractivity contribution in [3.63, 3.8) is 0 Å². The zero-order chi connectivity index (χ0) is 32.7. The van der Waals surface area contributed by atoms with Crippen molar-refractivity contribution in [1.82, 2.24) is 14.9 Å². The molecule has 4 aromatic rings. The van der Waals surface area contributed by atoms with Crippen molar-refractivity contribution in [3.05, 3.63) is 78.6 Å². The van der Waals surface area contributed by atoms with Gasteiger partial charge in [0.2, 0.25) is 17.7 Å². The van der Waals surface area contributed by atoms with Crippen LogP contribution in [-0.4, -0.2) is 65.5 Å². The summed E-state index contributed by atoms with van der Waals surface area (Å²) in [5, 5.41) is 5.72. The zero-order valence-corrected chi connectivity index (χ0v) is 25.3. The fourth-order valence-electron chi connectivity index (χ4n) is 4.70. The van der Waals surface area contributed by atoms with Crippen molar-refractivity contribution in [2.45, 2.75) is 26.7 Å². The molecule has 2 aliphatic rings. The summed E-state index contributed by atoms with van der Waals surface area (Å²) in [5.74, 6) is -2.07.